The second-order valence-corrected chi connectivity index (χ2v) is 8.09. The van der Waals surface area contributed by atoms with Crippen molar-refractivity contribution >= 4 is 23.3 Å². The van der Waals surface area contributed by atoms with Gasteiger partial charge in [0.25, 0.3) is 11.8 Å². The molecule has 2 heterocycles. The second-order valence-electron chi connectivity index (χ2n) is 8.09. The van der Waals surface area contributed by atoms with Gasteiger partial charge < -0.3 is 16.0 Å². The third kappa shape index (κ3) is 4.58. The molecule has 1 fully saturated rings. The SMILES string of the molecule is Cc1ccc(C(=O)NCCC2CCCC2)cc1C(=O)Nc1cnc2c(c1)CCN2. The smallest absolute Gasteiger partial charge is 0.255 e. The van der Waals surface area contributed by atoms with Gasteiger partial charge in [-0.3, -0.25) is 9.59 Å². The van der Waals surface area contributed by atoms with Crippen LogP contribution in [0.15, 0.2) is 30.5 Å². The minimum atomic E-state index is -0.226. The fourth-order valence-electron chi connectivity index (χ4n) is 4.24. The third-order valence-corrected chi connectivity index (χ3v) is 5.97. The van der Waals surface area contributed by atoms with Crippen LogP contribution in [0, 0.1) is 12.8 Å². The number of benzene rings is 1. The molecule has 2 aliphatic rings. The van der Waals surface area contributed by atoms with E-state index in [2.05, 4.69) is 20.9 Å². The molecule has 1 aliphatic carbocycles. The molecular weight excluding hydrogens is 364 g/mol. The van der Waals surface area contributed by atoms with Crippen LogP contribution < -0.4 is 16.0 Å². The fourth-order valence-corrected chi connectivity index (χ4v) is 4.24. The number of nitrogens with zero attached hydrogens (tertiary/aromatic N) is 1. The van der Waals surface area contributed by atoms with Gasteiger partial charge in [0, 0.05) is 24.2 Å². The van der Waals surface area contributed by atoms with Gasteiger partial charge in [0.2, 0.25) is 0 Å². The summed E-state index contributed by atoms with van der Waals surface area (Å²) in [6.45, 7) is 3.44. The Balaban J connectivity index is 1.40. The Bertz CT molecular complexity index is 919. The number of fused-ring (bicyclic) bond motifs is 1. The highest BCUT2D eigenvalue weighted by molar-refractivity contribution is 6.07. The number of nitrogens with one attached hydrogen (secondary N) is 3. The Morgan fingerprint density at radius 2 is 2.00 bits per heavy atom. The van der Waals surface area contributed by atoms with E-state index in [1.807, 2.05) is 19.1 Å². The molecule has 1 aromatic heterocycles. The predicted molar refractivity (Wildman–Crippen MR) is 114 cm³/mol. The maximum atomic E-state index is 12.8. The highest BCUT2D eigenvalue weighted by Gasteiger charge is 2.17. The summed E-state index contributed by atoms with van der Waals surface area (Å²) < 4.78 is 0. The molecule has 4 rings (SSSR count). The topological polar surface area (TPSA) is 83.1 Å². The first-order valence-corrected chi connectivity index (χ1v) is 10.5. The van der Waals surface area contributed by atoms with E-state index in [0.717, 1.165) is 42.2 Å². The largest absolute Gasteiger partial charge is 0.370 e. The maximum absolute atomic E-state index is 12.8. The van der Waals surface area contributed by atoms with Crippen molar-refractivity contribution in [3.8, 4) is 0 Å². The lowest BCUT2D eigenvalue weighted by Gasteiger charge is -2.12. The first-order valence-electron chi connectivity index (χ1n) is 10.5. The zero-order chi connectivity index (χ0) is 20.2. The van der Waals surface area contributed by atoms with Crippen LogP contribution in [0.25, 0.3) is 0 Å². The van der Waals surface area contributed by atoms with Crippen LogP contribution >= 0.6 is 0 Å². The summed E-state index contributed by atoms with van der Waals surface area (Å²) in [5.41, 5.74) is 3.63. The number of hydrogen-bond donors (Lipinski definition) is 3. The van der Waals surface area contributed by atoms with E-state index < -0.39 is 0 Å². The summed E-state index contributed by atoms with van der Waals surface area (Å²) in [6, 6.07) is 7.23. The van der Waals surface area contributed by atoms with E-state index >= 15 is 0 Å². The summed E-state index contributed by atoms with van der Waals surface area (Å²) in [4.78, 5) is 29.7. The van der Waals surface area contributed by atoms with Gasteiger partial charge in [0.15, 0.2) is 0 Å². The van der Waals surface area contributed by atoms with E-state index in [-0.39, 0.29) is 11.8 Å². The summed E-state index contributed by atoms with van der Waals surface area (Å²) in [5, 5.41) is 9.12. The number of pyridine rings is 1. The van der Waals surface area contributed by atoms with Crippen molar-refractivity contribution < 1.29 is 9.59 Å². The van der Waals surface area contributed by atoms with E-state index in [9.17, 15) is 9.59 Å². The van der Waals surface area contributed by atoms with E-state index in [0.29, 0.717) is 23.4 Å². The van der Waals surface area contributed by atoms with Crippen LogP contribution in [0.2, 0.25) is 0 Å². The minimum absolute atomic E-state index is 0.123. The highest BCUT2D eigenvalue weighted by atomic mass is 16.2. The maximum Gasteiger partial charge on any atom is 0.255 e. The van der Waals surface area contributed by atoms with Gasteiger partial charge in [0.05, 0.1) is 11.9 Å². The summed E-state index contributed by atoms with van der Waals surface area (Å²) >= 11 is 0. The highest BCUT2D eigenvalue weighted by Crippen LogP contribution is 2.27. The third-order valence-electron chi connectivity index (χ3n) is 5.97. The molecule has 2 aromatic rings. The monoisotopic (exact) mass is 392 g/mol. The van der Waals surface area contributed by atoms with Crippen molar-refractivity contribution in [2.45, 2.75) is 45.4 Å². The first-order chi connectivity index (χ1) is 14.1. The Hall–Kier alpha value is -2.89. The molecular formula is C23H28N4O2. The molecule has 152 valence electrons. The molecule has 6 nitrogen and oxygen atoms in total. The van der Waals surface area contributed by atoms with Gasteiger partial charge in [-0.25, -0.2) is 4.98 Å². The normalized spacial score (nSPS) is 15.6. The Kier molecular flexibility index (Phi) is 5.79. The van der Waals surface area contributed by atoms with Crippen molar-refractivity contribution in [1.29, 1.82) is 0 Å². The summed E-state index contributed by atoms with van der Waals surface area (Å²) in [6.07, 6.45) is 8.77. The van der Waals surface area contributed by atoms with Crippen LogP contribution in [-0.2, 0) is 6.42 Å². The average Bonchev–Trinajstić information content (AvgIpc) is 3.39. The molecule has 6 heteroatoms. The second kappa shape index (κ2) is 8.64. The molecule has 1 saturated carbocycles. The van der Waals surface area contributed by atoms with Crippen molar-refractivity contribution in [2.24, 2.45) is 5.92 Å². The zero-order valence-electron chi connectivity index (χ0n) is 16.9. The van der Waals surface area contributed by atoms with Crippen LogP contribution in [-0.4, -0.2) is 29.9 Å². The van der Waals surface area contributed by atoms with Gasteiger partial charge in [-0.2, -0.15) is 0 Å². The molecule has 0 spiro atoms. The lowest BCUT2D eigenvalue weighted by Crippen LogP contribution is -2.26. The van der Waals surface area contributed by atoms with E-state index in [4.69, 9.17) is 0 Å². The molecule has 3 N–H and O–H groups in total. The molecule has 0 atom stereocenters. The van der Waals surface area contributed by atoms with Crippen LogP contribution in [0.1, 0.15) is 63.9 Å². The van der Waals surface area contributed by atoms with Crippen molar-refractivity contribution in [3.63, 3.8) is 0 Å². The number of anilines is 2. The van der Waals surface area contributed by atoms with E-state index in [1.165, 1.54) is 25.7 Å². The molecule has 1 aliphatic heterocycles. The number of carbonyl (C=O) groups is 2. The van der Waals surface area contributed by atoms with E-state index in [1.54, 1.807) is 18.3 Å². The summed E-state index contributed by atoms with van der Waals surface area (Å²) in [7, 11) is 0. The molecule has 0 bridgehead atoms. The number of aryl methyl sites for hydroxylation is 1. The zero-order valence-corrected chi connectivity index (χ0v) is 16.9. The Morgan fingerprint density at radius 3 is 2.83 bits per heavy atom. The van der Waals surface area contributed by atoms with Gasteiger partial charge in [-0.15, -0.1) is 0 Å². The van der Waals surface area contributed by atoms with Crippen molar-refractivity contribution in [1.82, 2.24) is 10.3 Å². The molecule has 0 radical (unpaired) electrons. The number of carbonyl (C=O) groups excluding carboxylic acids is 2. The van der Waals surface area contributed by atoms with Crippen LogP contribution in [0.5, 0.6) is 0 Å². The number of aromatic nitrogens is 1. The molecule has 29 heavy (non-hydrogen) atoms. The quantitative estimate of drug-likeness (QED) is 0.696. The molecule has 0 saturated heterocycles. The summed E-state index contributed by atoms with van der Waals surface area (Å²) in [5.74, 6) is 1.28. The first kappa shape index (κ1) is 19.4. The van der Waals surface area contributed by atoms with Crippen molar-refractivity contribution in [2.75, 3.05) is 23.7 Å². The van der Waals surface area contributed by atoms with Crippen molar-refractivity contribution in [3.05, 3.63) is 52.7 Å². The molecule has 2 amide bonds. The van der Waals surface area contributed by atoms with Gasteiger partial charge >= 0.3 is 0 Å². The average molecular weight is 393 g/mol. The molecule has 1 aromatic carbocycles. The Morgan fingerprint density at radius 1 is 1.17 bits per heavy atom. The van der Waals surface area contributed by atoms with Crippen LogP contribution in [0.3, 0.4) is 0 Å². The predicted octanol–water partition coefficient (Wildman–Crippen LogP) is 3.92. The fraction of sp³-hybridized carbons (Fsp3) is 0.435. The molecule has 0 unspecified atom stereocenters. The number of amides is 2. The lowest BCUT2D eigenvalue weighted by molar-refractivity contribution is 0.0951. The van der Waals surface area contributed by atoms with Gasteiger partial charge in [0.1, 0.15) is 5.82 Å². The lowest BCUT2D eigenvalue weighted by atomic mass is 10.0. The minimum Gasteiger partial charge on any atom is -0.370 e. The standard InChI is InChI=1S/C23H28N4O2/c1-15-6-7-18(22(28)25-10-8-16-4-2-3-5-16)13-20(15)23(29)27-19-12-17-9-11-24-21(17)26-14-19/h6-7,12-14,16H,2-5,8-11H2,1H3,(H,24,26)(H,25,28)(H,27,29). The van der Waals surface area contributed by atoms with Gasteiger partial charge in [-0.1, -0.05) is 31.7 Å². The number of rotatable bonds is 6. The van der Waals surface area contributed by atoms with Gasteiger partial charge in [-0.05, 0) is 55.0 Å². The number of hydrogen-bond acceptors (Lipinski definition) is 4. The van der Waals surface area contributed by atoms with Crippen LogP contribution in [0.4, 0.5) is 11.5 Å². The Labute approximate surface area is 171 Å².